The number of nitriles is 1. The standard InChI is InChI=1S/C13H16N2OS/c1-4-13(2,9-14)15-12(16)10-5-7-11(17-3)8-6-10/h5-8H,4H2,1-3H3,(H,15,16). The maximum atomic E-state index is 11.9. The fourth-order valence-electron chi connectivity index (χ4n) is 1.26. The van der Waals surface area contributed by atoms with Crippen LogP contribution >= 0.6 is 11.8 Å². The second kappa shape index (κ2) is 5.74. The van der Waals surface area contributed by atoms with Gasteiger partial charge in [-0.25, -0.2) is 0 Å². The molecule has 0 fully saturated rings. The van der Waals surface area contributed by atoms with Crippen molar-refractivity contribution in [1.29, 1.82) is 5.26 Å². The van der Waals surface area contributed by atoms with Crippen LogP contribution in [-0.4, -0.2) is 17.7 Å². The molecule has 0 saturated heterocycles. The summed E-state index contributed by atoms with van der Waals surface area (Å²) >= 11 is 1.63. The third-order valence-corrected chi connectivity index (χ3v) is 3.44. The van der Waals surface area contributed by atoms with Gasteiger partial charge in [-0.1, -0.05) is 6.92 Å². The average molecular weight is 248 g/mol. The Morgan fingerprint density at radius 1 is 1.47 bits per heavy atom. The van der Waals surface area contributed by atoms with Crippen LogP contribution in [0.2, 0.25) is 0 Å². The Morgan fingerprint density at radius 2 is 2.06 bits per heavy atom. The average Bonchev–Trinajstić information content (AvgIpc) is 2.38. The summed E-state index contributed by atoms with van der Waals surface area (Å²) in [6.07, 6.45) is 2.57. The van der Waals surface area contributed by atoms with Gasteiger partial charge in [0.1, 0.15) is 5.54 Å². The quantitative estimate of drug-likeness (QED) is 0.834. The van der Waals surface area contributed by atoms with Crippen LogP contribution in [0.15, 0.2) is 29.2 Å². The van der Waals surface area contributed by atoms with Crippen molar-refractivity contribution in [3.63, 3.8) is 0 Å². The minimum absolute atomic E-state index is 0.205. The molecule has 0 aliphatic rings. The molecule has 1 unspecified atom stereocenters. The normalized spacial score (nSPS) is 13.5. The summed E-state index contributed by atoms with van der Waals surface area (Å²) in [7, 11) is 0. The second-order valence-corrected chi connectivity index (χ2v) is 4.86. The van der Waals surface area contributed by atoms with E-state index < -0.39 is 5.54 Å². The Labute approximate surface area is 106 Å². The number of nitrogens with one attached hydrogen (secondary N) is 1. The number of amides is 1. The molecule has 0 saturated carbocycles. The van der Waals surface area contributed by atoms with Gasteiger partial charge < -0.3 is 5.32 Å². The molecule has 0 spiro atoms. The fourth-order valence-corrected chi connectivity index (χ4v) is 1.67. The zero-order chi connectivity index (χ0) is 12.9. The highest BCUT2D eigenvalue weighted by Crippen LogP contribution is 2.15. The van der Waals surface area contributed by atoms with E-state index in [0.717, 1.165) is 4.90 Å². The predicted molar refractivity (Wildman–Crippen MR) is 70.0 cm³/mol. The van der Waals surface area contributed by atoms with E-state index in [9.17, 15) is 4.79 Å². The molecule has 0 bridgehead atoms. The molecule has 3 nitrogen and oxygen atoms in total. The molecule has 4 heteroatoms. The van der Waals surface area contributed by atoms with Crippen molar-refractivity contribution in [3.8, 4) is 6.07 Å². The van der Waals surface area contributed by atoms with Gasteiger partial charge in [-0.3, -0.25) is 4.79 Å². The lowest BCUT2D eigenvalue weighted by Gasteiger charge is -2.21. The largest absolute Gasteiger partial charge is 0.334 e. The first-order valence-corrected chi connectivity index (χ1v) is 6.65. The lowest BCUT2D eigenvalue weighted by Crippen LogP contribution is -2.44. The molecular weight excluding hydrogens is 232 g/mol. The Kier molecular flexibility index (Phi) is 4.59. The summed E-state index contributed by atoms with van der Waals surface area (Å²) in [5.41, 5.74) is -0.215. The van der Waals surface area contributed by atoms with Crippen molar-refractivity contribution < 1.29 is 4.79 Å². The molecule has 90 valence electrons. The number of benzene rings is 1. The van der Waals surface area contributed by atoms with Gasteiger partial charge in [0.15, 0.2) is 0 Å². The number of hydrogen-bond donors (Lipinski definition) is 1. The molecule has 1 rings (SSSR count). The van der Waals surface area contributed by atoms with Gasteiger partial charge in [0.2, 0.25) is 0 Å². The highest BCUT2D eigenvalue weighted by atomic mass is 32.2. The van der Waals surface area contributed by atoms with E-state index in [0.29, 0.717) is 12.0 Å². The molecule has 0 radical (unpaired) electrons. The first-order chi connectivity index (χ1) is 8.04. The Hall–Kier alpha value is -1.47. The van der Waals surface area contributed by atoms with Gasteiger partial charge in [0, 0.05) is 10.5 Å². The maximum Gasteiger partial charge on any atom is 0.252 e. The van der Waals surface area contributed by atoms with Gasteiger partial charge in [0.25, 0.3) is 5.91 Å². The maximum absolute atomic E-state index is 11.9. The number of nitrogens with zero attached hydrogens (tertiary/aromatic N) is 1. The summed E-state index contributed by atoms with van der Waals surface area (Å²) in [4.78, 5) is 13.0. The summed E-state index contributed by atoms with van der Waals surface area (Å²) in [6, 6.07) is 9.46. The van der Waals surface area contributed by atoms with Crippen LogP contribution in [0.5, 0.6) is 0 Å². The van der Waals surface area contributed by atoms with Crippen LogP contribution in [0.4, 0.5) is 0 Å². The van der Waals surface area contributed by atoms with E-state index in [4.69, 9.17) is 5.26 Å². The van der Waals surface area contributed by atoms with Crippen LogP contribution in [0.3, 0.4) is 0 Å². The molecular formula is C13H16N2OS. The van der Waals surface area contributed by atoms with Gasteiger partial charge in [-0.05, 0) is 43.9 Å². The van der Waals surface area contributed by atoms with E-state index in [1.165, 1.54) is 0 Å². The van der Waals surface area contributed by atoms with Crippen LogP contribution in [0.25, 0.3) is 0 Å². The second-order valence-electron chi connectivity index (χ2n) is 3.98. The van der Waals surface area contributed by atoms with Crippen molar-refractivity contribution in [3.05, 3.63) is 29.8 Å². The monoisotopic (exact) mass is 248 g/mol. The van der Waals surface area contributed by atoms with E-state index in [1.807, 2.05) is 25.3 Å². The van der Waals surface area contributed by atoms with Crippen molar-refractivity contribution in [1.82, 2.24) is 5.32 Å². The summed E-state index contributed by atoms with van der Waals surface area (Å²) < 4.78 is 0. The summed E-state index contributed by atoms with van der Waals surface area (Å²) in [5, 5.41) is 11.7. The minimum Gasteiger partial charge on any atom is -0.334 e. The molecule has 0 aromatic heterocycles. The molecule has 1 atom stereocenters. The molecule has 1 N–H and O–H groups in total. The summed E-state index contributed by atoms with van der Waals surface area (Å²) in [6.45, 7) is 3.60. The Morgan fingerprint density at radius 3 is 2.47 bits per heavy atom. The zero-order valence-corrected chi connectivity index (χ0v) is 11.1. The van der Waals surface area contributed by atoms with Gasteiger partial charge in [0.05, 0.1) is 6.07 Å². The van der Waals surface area contributed by atoms with Crippen molar-refractivity contribution in [2.24, 2.45) is 0 Å². The lowest BCUT2D eigenvalue weighted by atomic mass is 10.0. The van der Waals surface area contributed by atoms with E-state index >= 15 is 0 Å². The molecule has 17 heavy (non-hydrogen) atoms. The van der Waals surface area contributed by atoms with Crippen molar-refractivity contribution in [2.45, 2.75) is 30.7 Å². The van der Waals surface area contributed by atoms with E-state index in [-0.39, 0.29) is 5.91 Å². The van der Waals surface area contributed by atoms with E-state index in [2.05, 4.69) is 11.4 Å². The highest BCUT2D eigenvalue weighted by Gasteiger charge is 2.23. The molecule has 1 aromatic rings. The van der Waals surface area contributed by atoms with Crippen LogP contribution in [0, 0.1) is 11.3 Å². The molecule has 0 heterocycles. The smallest absolute Gasteiger partial charge is 0.252 e. The Balaban J connectivity index is 2.80. The molecule has 1 aromatic carbocycles. The van der Waals surface area contributed by atoms with Gasteiger partial charge >= 0.3 is 0 Å². The number of thioether (sulfide) groups is 1. The molecule has 1 amide bonds. The Bertz CT molecular complexity index is 436. The molecule has 0 aliphatic heterocycles. The number of hydrogen-bond acceptors (Lipinski definition) is 3. The van der Waals surface area contributed by atoms with Crippen molar-refractivity contribution in [2.75, 3.05) is 6.26 Å². The van der Waals surface area contributed by atoms with Crippen LogP contribution in [-0.2, 0) is 0 Å². The fraction of sp³-hybridized carbons (Fsp3) is 0.385. The minimum atomic E-state index is -0.796. The van der Waals surface area contributed by atoms with Crippen LogP contribution < -0.4 is 5.32 Å². The van der Waals surface area contributed by atoms with Gasteiger partial charge in [-0.2, -0.15) is 5.26 Å². The first-order valence-electron chi connectivity index (χ1n) is 5.42. The first kappa shape index (κ1) is 13.6. The van der Waals surface area contributed by atoms with Crippen molar-refractivity contribution >= 4 is 17.7 Å². The predicted octanol–water partition coefficient (Wildman–Crippen LogP) is 2.83. The third kappa shape index (κ3) is 3.50. The number of carbonyl (C=O) groups excluding carboxylic acids is 1. The van der Waals surface area contributed by atoms with Gasteiger partial charge in [-0.15, -0.1) is 11.8 Å². The third-order valence-electron chi connectivity index (χ3n) is 2.70. The van der Waals surface area contributed by atoms with E-state index in [1.54, 1.807) is 30.8 Å². The molecule has 0 aliphatic carbocycles. The lowest BCUT2D eigenvalue weighted by molar-refractivity contribution is 0.0923. The number of carbonyl (C=O) groups is 1. The number of rotatable bonds is 4. The highest BCUT2D eigenvalue weighted by molar-refractivity contribution is 7.98. The SMILES string of the molecule is CCC(C)(C#N)NC(=O)c1ccc(SC)cc1. The summed E-state index contributed by atoms with van der Waals surface area (Å²) in [5.74, 6) is -0.205. The van der Waals surface area contributed by atoms with Crippen LogP contribution in [0.1, 0.15) is 30.6 Å². The topological polar surface area (TPSA) is 52.9 Å². The zero-order valence-electron chi connectivity index (χ0n) is 10.3.